The molecule has 2 heterocycles. The van der Waals surface area contributed by atoms with Crippen molar-refractivity contribution >= 4 is 11.7 Å². The van der Waals surface area contributed by atoms with E-state index in [1.54, 1.807) is 0 Å². The summed E-state index contributed by atoms with van der Waals surface area (Å²) in [5.41, 5.74) is 0. The maximum Gasteiger partial charge on any atom is 0.226 e. The zero-order chi connectivity index (χ0) is 14.2. The molecule has 0 radical (unpaired) electrons. The van der Waals surface area contributed by atoms with Gasteiger partial charge in [-0.3, -0.25) is 4.79 Å². The zero-order valence-electron chi connectivity index (χ0n) is 12.2. The lowest BCUT2D eigenvalue weighted by Crippen LogP contribution is -2.51. The van der Waals surface area contributed by atoms with Gasteiger partial charge in [-0.15, -0.1) is 0 Å². The Hall–Kier alpha value is -1.84. The van der Waals surface area contributed by atoms with Gasteiger partial charge in [0.15, 0.2) is 0 Å². The largest absolute Gasteiger partial charge is 0.353 e. The number of amides is 1. The highest BCUT2D eigenvalue weighted by Gasteiger charge is 2.41. The van der Waals surface area contributed by atoms with Gasteiger partial charge in [0.05, 0.1) is 0 Å². The third-order valence-corrected chi connectivity index (χ3v) is 5.16. The van der Waals surface area contributed by atoms with E-state index in [4.69, 9.17) is 0 Å². The number of fused-ring (bicyclic) bond motifs is 2. The molecule has 0 unspecified atom stereocenters. The molecule has 0 N–H and O–H groups in total. The molecule has 1 aromatic heterocycles. The van der Waals surface area contributed by atoms with E-state index in [1.165, 1.54) is 6.42 Å². The second-order valence-corrected chi connectivity index (χ2v) is 6.39. The van der Waals surface area contributed by atoms with Gasteiger partial charge in [0.2, 0.25) is 5.91 Å². The van der Waals surface area contributed by atoms with Crippen molar-refractivity contribution in [2.45, 2.75) is 12.8 Å². The molecular weight excluding hydrogens is 262 g/mol. The Morgan fingerprint density at radius 2 is 1.95 bits per heavy atom. The van der Waals surface area contributed by atoms with Gasteiger partial charge >= 0.3 is 0 Å². The molecule has 1 aromatic rings. The van der Waals surface area contributed by atoms with Gasteiger partial charge < -0.3 is 9.80 Å². The van der Waals surface area contributed by atoms with E-state index >= 15 is 0 Å². The number of nitrogens with zero attached hydrogens (tertiary/aromatic N) is 3. The summed E-state index contributed by atoms with van der Waals surface area (Å²) in [5.74, 6) is 2.83. The van der Waals surface area contributed by atoms with Gasteiger partial charge in [0, 0.05) is 38.3 Å². The third-order valence-electron chi connectivity index (χ3n) is 5.16. The first-order valence-corrected chi connectivity index (χ1v) is 7.94. The molecule has 0 aromatic carbocycles. The van der Waals surface area contributed by atoms with E-state index < -0.39 is 0 Å². The number of anilines is 1. The molecule has 4 heteroatoms. The maximum atomic E-state index is 12.7. The number of aromatic nitrogens is 1. The lowest BCUT2D eigenvalue weighted by Gasteiger charge is -2.37. The molecule has 3 aliphatic rings. The van der Waals surface area contributed by atoms with Crippen molar-refractivity contribution in [1.82, 2.24) is 9.88 Å². The number of piperazine rings is 1. The minimum atomic E-state index is 0.251. The van der Waals surface area contributed by atoms with E-state index in [2.05, 4.69) is 26.9 Å². The number of allylic oxidation sites excluding steroid dienone is 2. The second-order valence-electron chi connectivity index (χ2n) is 6.39. The highest BCUT2D eigenvalue weighted by atomic mass is 16.2. The molecule has 1 saturated carbocycles. The quantitative estimate of drug-likeness (QED) is 0.778. The Labute approximate surface area is 125 Å². The fourth-order valence-electron chi connectivity index (χ4n) is 4.00. The predicted molar refractivity (Wildman–Crippen MR) is 81.9 cm³/mol. The fraction of sp³-hybridized carbons (Fsp3) is 0.529. The van der Waals surface area contributed by atoms with Crippen LogP contribution >= 0.6 is 0 Å². The van der Waals surface area contributed by atoms with Crippen molar-refractivity contribution in [2.24, 2.45) is 17.8 Å². The highest BCUT2D eigenvalue weighted by Crippen LogP contribution is 2.44. The minimum Gasteiger partial charge on any atom is -0.353 e. The van der Waals surface area contributed by atoms with E-state index in [9.17, 15) is 4.79 Å². The molecule has 2 bridgehead atoms. The molecule has 21 heavy (non-hydrogen) atoms. The maximum absolute atomic E-state index is 12.7. The summed E-state index contributed by atoms with van der Waals surface area (Å²) in [6, 6.07) is 5.99. The topological polar surface area (TPSA) is 36.4 Å². The standard InChI is InChI=1S/C17H21N3O/c21-17(15-12-13-4-5-14(15)11-13)20-9-7-19(8-10-20)16-3-1-2-6-18-16/h1-6,13-15H,7-12H2/t13-,14-,15+/m0/s1. The molecule has 110 valence electrons. The second kappa shape index (κ2) is 5.17. The van der Waals surface area contributed by atoms with Crippen LogP contribution < -0.4 is 4.90 Å². The summed E-state index contributed by atoms with van der Waals surface area (Å²) in [4.78, 5) is 21.4. The van der Waals surface area contributed by atoms with Gasteiger partial charge in [-0.25, -0.2) is 4.98 Å². The Balaban J connectivity index is 1.37. The molecule has 3 atom stereocenters. The fourth-order valence-corrected chi connectivity index (χ4v) is 4.00. The normalized spacial score (nSPS) is 31.0. The van der Waals surface area contributed by atoms with Crippen LogP contribution in [-0.4, -0.2) is 42.0 Å². The minimum absolute atomic E-state index is 0.251. The van der Waals surface area contributed by atoms with E-state index in [-0.39, 0.29) is 5.92 Å². The van der Waals surface area contributed by atoms with Gasteiger partial charge in [0.25, 0.3) is 0 Å². The van der Waals surface area contributed by atoms with Crippen molar-refractivity contribution < 1.29 is 4.79 Å². The van der Waals surface area contributed by atoms with Crippen LogP contribution in [0, 0.1) is 17.8 Å². The Morgan fingerprint density at radius 3 is 2.57 bits per heavy atom. The summed E-state index contributed by atoms with van der Waals surface area (Å²) in [7, 11) is 0. The molecule has 4 nitrogen and oxygen atoms in total. The summed E-state index contributed by atoms with van der Waals surface area (Å²) in [6.07, 6.45) is 8.66. The van der Waals surface area contributed by atoms with Gasteiger partial charge in [-0.2, -0.15) is 0 Å². The number of carbonyl (C=O) groups excluding carboxylic acids is 1. The van der Waals surface area contributed by atoms with Gasteiger partial charge in [0.1, 0.15) is 5.82 Å². The lowest BCUT2D eigenvalue weighted by atomic mass is 9.92. The number of pyridine rings is 1. The van der Waals surface area contributed by atoms with Gasteiger partial charge in [-0.05, 0) is 36.8 Å². The summed E-state index contributed by atoms with van der Waals surface area (Å²) < 4.78 is 0. The number of hydrogen-bond acceptors (Lipinski definition) is 3. The number of carbonyl (C=O) groups is 1. The average Bonchev–Trinajstić information content (AvgIpc) is 3.18. The molecule has 4 rings (SSSR count). The molecular formula is C17H21N3O. The zero-order valence-corrected chi connectivity index (χ0v) is 12.2. The van der Waals surface area contributed by atoms with Crippen molar-refractivity contribution in [3.05, 3.63) is 36.5 Å². The Kier molecular flexibility index (Phi) is 3.17. The van der Waals surface area contributed by atoms with Crippen molar-refractivity contribution in [1.29, 1.82) is 0 Å². The number of hydrogen-bond donors (Lipinski definition) is 0. The number of rotatable bonds is 2. The highest BCUT2D eigenvalue weighted by molar-refractivity contribution is 5.80. The SMILES string of the molecule is O=C([C@@H]1C[C@H]2C=C[C@H]1C2)N1CCN(c2ccccn2)CC1. The van der Waals surface area contributed by atoms with Crippen LogP contribution in [0.15, 0.2) is 36.5 Å². The molecule has 2 fully saturated rings. The van der Waals surface area contributed by atoms with E-state index in [1.807, 2.05) is 24.4 Å². The van der Waals surface area contributed by atoms with Crippen LogP contribution in [0.4, 0.5) is 5.82 Å². The first-order valence-electron chi connectivity index (χ1n) is 7.94. The van der Waals surface area contributed by atoms with Crippen LogP contribution in [0.1, 0.15) is 12.8 Å². The van der Waals surface area contributed by atoms with Crippen LogP contribution in [0.2, 0.25) is 0 Å². The van der Waals surface area contributed by atoms with Crippen LogP contribution in [0.25, 0.3) is 0 Å². The first kappa shape index (κ1) is 12.9. The first-order chi connectivity index (χ1) is 10.3. The third kappa shape index (κ3) is 2.33. The molecule has 1 aliphatic heterocycles. The Morgan fingerprint density at radius 1 is 1.10 bits per heavy atom. The molecule has 1 amide bonds. The van der Waals surface area contributed by atoms with Crippen molar-refractivity contribution in [2.75, 3.05) is 31.1 Å². The summed E-state index contributed by atoms with van der Waals surface area (Å²) in [6.45, 7) is 3.43. The molecule has 2 aliphatic carbocycles. The van der Waals surface area contributed by atoms with E-state index in [0.717, 1.165) is 38.4 Å². The monoisotopic (exact) mass is 283 g/mol. The van der Waals surface area contributed by atoms with Crippen LogP contribution in [0.5, 0.6) is 0 Å². The van der Waals surface area contributed by atoms with Crippen LogP contribution in [0.3, 0.4) is 0 Å². The lowest BCUT2D eigenvalue weighted by molar-refractivity contribution is -0.136. The smallest absolute Gasteiger partial charge is 0.226 e. The summed E-state index contributed by atoms with van der Waals surface area (Å²) in [5, 5.41) is 0. The molecule has 0 spiro atoms. The van der Waals surface area contributed by atoms with Crippen molar-refractivity contribution in [3.8, 4) is 0 Å². The average molecular weight is 283 g/mol. The van der Waals surface area contributed by atoms with Gasteiger partial charge in [-0.1, -0.05) is 18.2 Å². The van der Waals surface area contributed by atoms with E-state index in [0.29, 0.717) is 17.7 Å². The van der Waals surface area contributed by atoms with Crippen molar-refractivity contribution in [3.63, 3.8) is 0 Å². The summed E-state index contributed by atoms with van der Waals surface area (Å²) >= 11 is 0. The predicted octanol–water partition coefficient (Wildman–Crippen LogP) is 1.94. The Bertz CT molecular complexity index is 548. The van der Waals surface area contributed by atoms with Crippen LogP contribution in [-0.2, 0) is 4.79 Å². The molecule has 1 saturated heterocycles.